The number of benzene rings is 5. The Hall–Kier alpha value is -5.89. The zero-order valence-corrected chi connectivity index (χ0v) is 30.4. The van der Waals surface area contributed by atoms with E-state index in [-0.39, 0.29) is 0 Å². The summed E-state index contributed by atoms with van der Waals surface area (Å²) in [7, 11) is 0. The minimum Gasteiger partial charge on any atom is -0.494 e. The lowest BCUT2D eigenvalue weighted by atomic mass is 10.0. The summed E-state index contributed by atoms with van der Waals surface area (Å²) in [5.41, 5.74) is 2.72. The Labute approximate surface area is 311 Å². The Morgan fingerprint density at radius 1 is 0.396 bits per heavy atom. The van der Waals surface area contributed by atoms with Gasteiger partial charge in [-0.2, -0.15) is 0 Å². The molecule has 0 aliphatic carbocycles. The smallest absolute Gasteiger partial charge is 0.343 e. The average molecular weight is 715 g/mol. The SMILES string of the molecule is CCCCCCCCOc1ccc(C(=O)Oc2ccc(C(=O)Oc3ccc(-c4cccc(C(=O)Oc5ccc(OCCCC)cc5)c4)cc3)cc2)cc1. The van der Waals surface area contributed by atoms with Crippen LogP contribution < -0.4 is 23.7 Å². The van der Waals surface area contributed by atoms with Gasteiger partial charge in [0, 0.05) is 0 Å². The van der Waals surface area contributed by atoms with Gasteiger partial charge in [0.05, 0.1) is 29.9 Å². The van der Waals surface area contributed by atoms with Crippen molar-refractivity contribution in [2.24, 2.45) is 0 Å². The highest BCUT2D eigenvalue weighted by Gasteiger charge is 2.14. The van der Waals surface area contributed by atoms with E-state index in [9.17, 15) is 14.4 Å². The molecule has 5 rings (SSSR count). The van der Waals surface area contributed by atoms with E-state index in [2.05, 4.69) is 13.8 Å². The molecule has 5 aromatic carbocycles. The predicted molar refractivity (Wildman–Crippen MR) is 205 cm³/mol. The van der Waals surface area contributed by atoms with Gasteiger partial charge in [-0.25, -0.2) is 14.4 Å². The molecule has 0 N–H and O–H groups in total. The van der Waals surface area contributed by atoms with Gasteiger partial charge >= 0.3 is 17.9 Å². The molecule has 0 saturated carbocycles. The van der Waals surface area contributed by atoms with E-state index in [4.69, 9.17) is 23.7 Å². The molecule has 5 aromatic rings. The second-order valence-electron chi connectivity index (χ2n) is 12.6. The van der Waals surface area contributed by atoms with Gasteiger partial charge in [0.1, 0.15) is 28.7 Å². The summed E-state index contributed by atoms with van der Waals surface area (Å²) < 4.78 is 28.1. The van der Waals surface area contributed by atoms with E-state index in [1.807, 2.05) is 6.07 Å². The van der Waals surface area contributed by atoms with E-state index < -0.39 is 17.9 Å². The molecule has 0 atom stereocenters. The van der Waals surface area contributed by atoms with Crippen LogP contribution in [0.25, 0.3) is 11.1 Å². The molecule has 8 heteroatoms. The summed E-state index contributed by atoms with van der Waals surface area (Å²) in [5, 5.41) is 0. The number of ether oxygens (including phenoxy) is 5. The second kappa shape index (κ2) is 20.2. The zero-order valence-electron chi connectivity index (χ0n) is 30.4. The molecular formula is C45H46O8. The monoisotopic (exact) mass is 714 g/mol. The first-order valence-corrected chi connectivity index (χ1v) is 18.3. The van der Waals surface area contributed by atoms with Gasteiger partial charge in [0.25, 0.3) is 0 Å². The zero-order chi connectivity index (χ0) is 37.3. The Kier molecular flexibility index (Phi) is 14.6. The van der Waals surface area contributed by atoms with Crippen LogP contribution in [0.1, 0.15) is 96.3 Å². The maximum atomic E-state index is 12.9. The average Bonchev–Trinajstić information content (AvgIpc) is 3.19. The van der Waals surface area contributed by atoms with E-state index in [0.717, 1.165) is 42.6 Å². The fourth-order valence-electron chi connectivity index (χ4n) is 5.40. The van der Waals surface area contributed by atoms with Crippen molar-refractivity contribution in [2.45, 2.75) is 65.2 Å². The van der Waals surface area contributed by atoms with Crippen LogP contribution in [0.4, 0.5) is 0 Å². The molecule has 0 unspecified atom stereocenters. The van der Waals surface area contributed by atoms with Gasteiger partial charge < -0.3 is 23.7 Å². The second-order valence-corrected chi connectivity index (χ2v) is 12.6. The van der Waals surface area contributed by atoms with Crippen molar-refractivity contribution in [3.05, 3.63) is 138 Å². The van der Waals surface area contributed by atoms with Gasteiger partial charge in [-0.1, -0.05) is 76.6 Å². The summed E-state index contributed by atoms with van der Waals surface area (Å²) in [5.74, 6) is 0.980. The molecule has 0 aromatic heterocycles. The van der Waals surface area contributed by atoms with Crippen LogP contribution in [0.5, 0.6) is 28.7 Å². The fourth-order valence-corrected chi connectivity index (χ4v) is 5.40. The molecule has 0 aliphatic heterocycles. The maximum absolute atomic E-state index is 12.9. The van der Waals surface area contributed by atoms with Crippen LogP contribution in [0, 0.1) is 0 Å². The lowest BCUT2D eigenvalue weighted by Crippen LogP contribution is -2.10. The molecule has 8 nitrogen and oxygen atoms in total. The molecule has 274 valence electrons. The van der Waals surface area contributed by atoms with Gasteiger partial charge in [-0.15, -0.1) is 0 Å². The largest absolute Gasteiger partial charge is 0.494 e. The molecule has 0 aliphatic rings. The molecule has 0 saturated heterocycles. The van der Waals surface area contributed by atoms with Gasteiger partial charge in [0.15, 0.2) is 0 Å². The quantitative estimate of drug-likeness (QED) is 0.0474. The molecule has 53 heavy (non-hydrogen) atoms. The number of hydrogen-bond acceptors (Lipinski definition) is 8. The molecule has 0 bridgehead atoms. The van der Waals surface area contributed by atoms with E-state index in [0.29, 0.717) is 52.9 Å². The van der Waals surface area contributed by atoms with Crippen molar-refractivity contribution in [2.75, 3.05) is 13.2 Å². The van der Waals surface area contributed by atoms with Crippen molar-refractivity contribution in [1.82, 2.24) is 0 Å². The van der Waals surface area contributed by atoms with Gasteiger partial charge in [-0.3, -0.25) is 0 Å². The molecule has 0 heterocycles. The summed E-state index contributed by atoms with van der Waals surface area (Å²) >= 11 is 0. The number of carbonyl (C=O) groups is 3. The van der Waals surface area contributed by atoms with Crippen LogP contribution in [-0.4, -0.2) is 31.1 Å². The lowest BCUT2D eigenvalue weighted by molar-refractivity contribution is 0.0723. The minimum absolute atomic E-state index is 0.297. The van der Waals surface area contributed by atoms with Gasteiger partial charge in [0.2, 0.25) is 0 Å². The van der Waals surface area contributed by atoms with Crippen LogP contribution in [0.2, 0.25) is 0 Å². The molecule has 0 radical (unpaired) electrons. The summed E-state index contributed by atoms with van der Waals surface area (Å²) in [4.78, 5) is 38.4. The topological polar surface area (TPSA) is 97.4 Å². The molecule has 0 spiro atoms. The maximum Gasteiger partial charge on any atom is 0.343 e. The van der Waals surface area contributed by atoms with Gasteiger partial charge in [-0.05, 0) is 121 Å². The highest BCUT2D eigenvalue weighted by atomic mass is 16.5. The van der Waals surface area contributed by atoms with Crippen molar-refractivity contribution in [3.63, 3.8) is 0 Å². The van der Waals surface area contributed by atoms with Crippen molar-refractivity contribution >= 4 is 17.9 Å². The Bertz CT molecular complexity index is 1900. The number of esters is 3. The van der Waals surface area contributed by atoms with Crippen molar-refractivity contribution in [1.29, 1.82) is 0 Å². The molecule has 0 fully saturated rings. The van der Waals surface area contributed by atoms with Crippen LogP contribution >= 0.6 is 0 Å². The third-order valence-corrected chi connectivity index (χ3v) is 8.45. The van der Waals surface area contributed by atoms with E-state index in [1.54, 1.807) is 115 Å². The number of hydrogen-bond donors (Lipinski definition) is 0. The summed E-state index contributed by atoms with van der Waals surface area (Å²) in [6.45, 7) is 5.61. The lowest BCUT2D eigenvalue weighted by Gasteiger charge is -2.09. The number of rotatable bonds is 19. The number of carbonyl (C=O) groups excluding carboxylic acids is 3. The van der Waals surface area contributed by atoms with Crippen molar-refractivity contribution in [3.8, 4) is 39.9 Å². The Balaban J connectivity index is 1.08. The first-order valence-electron chi connectivity index (χ1n) is 18.3. The summed E-state index contributed by atoms with van der Waals surface area (Å²) in [6.07, 6.45) is 9.19. The fraction of sp³-hybridized carbons (Fsp3) is 0.267. The normalized spacial score (nSPS) is 10.7. The number of unbranched alkanes of at least 4 members (excludes halogenated alkanes) is 6. The first kappa shape index (κ1) is 38.3. The highest BCUT2D eigenvalue weighted by molar-refractivity contribution is 5.93. The standard InChI is InChI=1S/C45H46O8/c1-3-5-7-8-9-10-31-50-38-20-16-34(17-21-38)43(46)52-41-24-18-35(19-25-41)44(47)51-40-22-14-33(15-23-40)36-12-11-13-37(32-36)45(48)53-42-28-26-39(27-29-42)49-30-6-4-2/h11-29,32H,3-10,30-31H2,1-2H3. The Morgan fingerprint density at radius 3 is 1.36 bits per heavy atom. The first-order chi connectivity index (χ1) is 25.9. The third kappa shape index (κ3) is 12.1. The minimum atomic E-state index is -0.558. The van der Waals surface area contributed by atoms with Crippen molar-refractivity contribution < 1.29 is 38.1 Å². The molecular weight excluding hydrogens is 668 g/mol. The summed E-state index contributed by atoms with van der Waals surface area (Å²) in [6, 6.07) is 34.1. The van der Waals surface area contributed by atoms with Crippen LogP contribution in [-0.2, 0) is 0 Å². The van der Waals surface area contributed by atoms with E-state index in [1.165, 1.54) is 25.7 Å². The van der Waals surface area contributed by atoms with E-state index >= 15 is 0 Å². The molecule has 0 amide bonds. The van der Waals surface area contributed by atoms with Crippen LogP contribution in [0.15, 0.2) is 121 Å². The third-order valence-electron chi connectivity index (χ3n) is 8.45. The van der Waals surface area contributed by atoms with Crippen LogP contribution in [0.3, 0.4) is 0 Å². The highest BCUT2D eigenvalue weighted by Crippen LogP contribution is 2.26. The Morgan fingerprint density at radius 2 is 0.811 bits per heavy atom. The predicted octanol–water partition coefficient (Wildman–Crippen LogP) is 10.9.